The summed E-state index contributed by atoms with van der Waals surface area (Å²) >= 11 is 0. The number of benzene rings is 3. The summed E-state index contributed by atoms with van der Waals surface area (Å²) in [7, 11) is 3.22. The first-order chi connectivity index (χ1) is 17.3. The van der Waals surface area contributed by atoms with Crippen LogP contribution in [0.2, 0.25) is 0 Å². The minimum Gasteiger partial charge on any atom is -0.508 e. The Hall–Kier alpha value is -4.52. The van der Waals surface area contributed by atoms with Crippen molar-refractivity contribution < 1.29 is 5.11 Å². The van der Waals surface area contributed by atoms with E-state index in [1.165, 1.54) is 11.6 Å². The fourth-order valence-corrected chi connectivity index (χ4v) is 5.35. The van der Waals surface area contributed by atoms with Gasteiger partial charge in [0, 0.05) is 14.1 Å². The number of phenolic OH excluding ortho intramolecular Hbond substituents is 1. The molecule has 0 spiro atoms. The van der Waals surface area contributed by atoms with Gasteiger partial charge in [-0.15, -0.1) is 0 Å². The average Bonchev–Trinajstić information content (AvgIpc) is 3.24. The van der Waals surface area contributed by atoms with Gasteiger partial charge in [-0.2, -0.15) is 0 Å². The number of rotatable bonds is 2. The summed E-state index contributed by atoms with van der Waals surface area (Å²) in [6.07, 6.45) is 0. The highest BCUT2D eigenvalue weighted by Crippen LogP contribution is 2.46. The van der Waals surface area contributed by atoms with E-state index in [-0.39, 0.29) is 17.0 Å². The zero-order valence-corrected chi connectivity index (χ0v) is 20.5. The Kier molecular flexibility index (Phi) is 4.73. The molecule has 0 amide bonds. The summed E-state index contributed by atoms with van der Waals surface area (Å²) in [5, 5.41) is 14.4. The third-order valence-corrected chi connectivity index (χ3v) is 7.29. The second-order valence-electron chi connectivity index (χ2n) is 9.49. The maximum Gasteiger partial charge on any atom is 0.331 e. The van der Waals surface area contributed by atoms with Crippen LogP contribution in [-0.2, 0) is 14.1 Å². The molecule has 2 N–H and O–H groups in total. The van der Waals surface area contributed by atoms with E-state index in [9.17, 15) is 14.7 Å². The smallest absolute Gasteiger partial charge is 0.331 e. The Bertz CT molecular complexity index is 1810. The second-order valence-corrected chi connectivity index (χ2v) is 9.49. The van der Waals surface area contributed by atoms with Crippen LogP contribution >= 0.6 is 0 Å². The standard InChI is InChI=1S/C29H26N4O3/c1-16-13-21-22(14-17(16)2)33-25(18-9-6-5-7-10-18)23-26(31(3)29(36)32(4)28(23)35)27(33)24(30-21)19-11-8-12-20(34)15-19/h5-15,24,30,34H,1-4H3/t24-/m0/s1. The van der Waals surface area contributed by atoms with Crippen LogP contribution in [0.4, 0.5) is 5.69 Å². The molecule has 0 saturated heterocycles. The molecule has 0 aliphatic carbocycles. The van der Waals surface area contributed by atoms with Gasteiger partial charge < -0.3 is 15.0 Å². The number of anilines is 1. The third-order valence-electron chi connectivity index (χ3n) is 7.29. The van der Waals surface area contributed by atoms with Crippen LogP contribution in [0.5, 0.6) is 5.75 Å². The van der Waals surface area contributed by atoms with E-state index in [1.807, 2.05) is 36.4 Å². The second kappa shape index (κ2) is 7.75. The summed E-state index contributed by atoms with van der Waals surface area (Å²) < 4.78 is 4.84. The number of hydrogen-bond acceptors (Lipinski definition) is 4. The fraction of sp³-hybridized carbons (Fsp3) is 0.172. The predicted octanol–water partition coefficient (Wildman–Crippen LogP) is 4.53. The van der Waals surface area contributed by atoms with E-state index in [2.05, 4.69) is 35.9 Å². The van der Waals surface area contributed by atoms with E-state index in [0.29, 0.717) is 10.9 Å². The average molecular weight is 479 g/mol. The largest absolute Gasteiger partial charge is 0.508 e. The van der Waals surface area contributed by atoms with Crippen molar-refractivity contribution in [1.29, 1.82) is 0 Å². The van der Waals surface area contributed by atoms with Crippen molar-refractivity contribution in [3.63, 3.8) is 0 Å². The molecule has 0 radical (unpaired) electrons. The lowest BCUT2D eigenvalue weighted by molar-refractivity contribution is 0.474. The molecule has 5 aromatic rings. The molecule has 180 valence electrons. The number of fused-ring (bicyclic) bond motifs is 5. The van der Waals surface area contributed by atoms with Crippen LogP contribution in [0.25, 0.3) is 27.8 Å². The zero-order valence-electron chi connectivity index (χ0n) is 20.5. The number of nitrogens with zero attached hydrogens (tertiary/aromatic N) is 3. The summed E-state index contributed by atoms with van der Waals surface area (Å²) in [6, 6.07) is 20.7. The van der Waals surface area contributed by atoms with Gasteiger partial charge in [-0.1, -0.05) is 42.5 Å². The molecule has 36 heavy (non-hydrogen) atoms. The molecule has 2 aromatic heterocycles. The van der Waals surface area contributed by atoms with Crippen LogP contribution in [0.15, 0.2) is 76.3 Å². The molecular weight excluding hydrogens is 452 g/mol. The van der Waals surface area contributed by atoms with Gasteiger partial charge >= 0.3 is 5.69 Å². The van der Waals surface area contributed by atoms with E-state index in [4.69, 9.17) is 0 Å². The lowest BCUT2D eigenvalue weighted by atomic mass is 9.97. The number of aromatic hydroxyl groups is 1. The zero-order chi connectivity index (χ0) is 25.3. The van der Waals surface area contributed by atoms with Crippen LogP contribution < -0.4 is 16.6 Å². The first kappa shape index (κ1) is 22.0. The minimum absolute atomic E-state index is 0.149. The number of phenols is 1. The van der Waals surface area contributed by atoms with Crippen molar-refractivity contribution in [2.45, 2.75) is 19.9 Å². The molecule has 6 rings (SSSR count). The van der Waals surface area contributed by atoms with Gasteiger partial charge in [0.25, 0.3) is 5.56 Å². The lowest BCUT2D eigenvalue weighted by Gasteiger charge is -2.32. The number of hydrogen-bond donors (Lipinski definition) is 2. The highest BCUT2D eigenvalue weighted by atomic mass is 16.3. The summed E-state index contributed by atoms with van der Waals surface area (Å²) in [4.78, 5) is 26.9. The van der Waals surface area contributed by atoms with Gasteiger partial charge in [-0.05, 0) is 60.4 Å². The molecule has 7 heteroatoms. The summed E-state index contributed by atoms with van der Waals surface area (Å²) in [5.41, 5.74) is 7.17. The van der Waals surface area contributed by atoms with E-state index < -0.39 is 6.04 Å². The quantitative estimate of drug-likeness (QED) is 0.391. The maximum atomic E-state index is 13.7. The van der Waals surface area contributed by atoms with Gasteiger partial charge in [0.2, 0.25) is 0 Å². The maximum absolute atomic E-state index is 13.7. The Morgan fingerprint density at radius 2 is 1.58 bits per heavy atom. The molecule has 7 nitrogen and oxygen atoms in total. The highest BCUT2D eigenvalue weighted by Gasteiger charge is 2.35. The van der Waals surface area contributed by atoms with Crippen molar-refractivity contribution >= 4 is 16.6 Å². The number of aryl methyl sites for hydroxylation is 3. The molecular formula is C29H26N4O3. The predicted molar refractivity (Wildman–Crippen MR) is 142 cm³/mol. The van der Waals surface area contributed by atoms with Crippen LogP contribution in [0.3, 0.4) is 0 Å². The Morgan fingerprint density at radius 3 is 2.31 bits per heavy atom. The van der Waals surface area contributed by atoms with Crippen LogP contribution in [0.1, 0.15) is 28.4 Å². The van der Waals surface area contributed by atoms with Gasteiger partial charge in [0.15, 0.2) is 0 Å². The summed E-state index contributed by atoms with van der Waals surface area (Å²) in [6.45, 7) is 4.14. The first-order valence-electron chi connectivity index (χ1n) is 11.8. The minimum atomic E-state index is -0.413. The molecule has 3 aromatic carbocycles. The Morgan fingerprint density at radius 1 is 0.861 bits per heavy atom. The monoisotopic (exact) mass is 478 g/mol. The normalized spacial score (nSPS) is 14.4. The molecule has 0 saturated carbocycles. The molecule has 1 aliphatic heterocycles. The van der Waals surface area contributed by atoms with Crippen LogP contribution in [-0.4, -0.2) is 18.8 Å². The van der Waals surface area contributed by atoms with Gasteiger partial charge in [-0.3, -0.25) is 13.9 Å². The van der Waals surface area contributed by atoms with E-state index in [0.717, 1.165) is 45.0 Å². The molecule has 3 heterocycles. The molecule has 0 fully saturated rings. The Balaban J connectivity index is 1.88. The molecule has 0 unspecified atom stereocenters. The molecule has 1 aliphatic rings. The SMILES string of the molecule is Cc1cc2c(cc1C)-n1c(-c3ccccc3)c3c(=O)n(C)c(=O)n(C)c3c1[C@H](c1cccc(O)c1)N2. The van der Waals surface area contributed by atoms with Crippen molar-refractivity contribution in [2.75, 3.05) is 5.32 Å². The van der Waals surface area contributed by atoms with E-state index in [1.54, 1.807) is 29.8 Å². The first-order valence-corrected chi connectivity index (χ1v) is 11.8. The topological polar surface area (TPSA) is 81.2 Å². The van der Waals surface area contributed by atoms with E-state index >= 15 is 0 Å². The lowest BCUT2D eigenvalue weighted by Crippen LogP contribution is -2.37. The van der Waals surface area contributed by atoms with Crippen molar-refractivity contribution in [1.82, 2.24) is 13.7 Å². The molecule has 1 atom stereocenters. The van der Waals surface area contributed by atoms with Crippen molar-refractivity contribution in [3.8, 4) is 22.7 Å². The Labute approximate surface area is 207 Å². The third kappa shape index (κ3) is 2.99. The van der Waals surface area contributed by atoms with Gasteiger partial charge in [0.05, 0.1) is 39.7 Å². The fourth-order valence-electron chi connectivity index (χ4n) is 5.35. The highest BCUT2D eigenvalue weighted by molar-refractivity contribution is 5.99. The number of aromatic nitrogens is 3. The van der Waals surface area contributed by atoms with Crippen molar-refractivity contribution in [2.24, 2.45) is 14.1 Å². The van der Waals surface area contributed by atoms with Crippen molar-refractivity contribution in [3.05, 3.63) is 110 Å². The van der Waals surface area contributed by atoms with Crippen LogP contribution in [0, 0.1) is 13.8 Å². The summed E-state index contributed by atoms with van der Waals surface area (Å²) in [5.74, 6) is 0.149. The van der Waals surface area contributed by atoms with Gasteiger partial charge in [-0.25, -0.2) is 4.79 Å². The molecule has 0 bridgehead atoms. The van der Waals surface area contributed by atoms with Gasteiger partial charge in [0.1, 0.15) is 5.75 Å². The number of nitrogens with one attached hydrogen (secondary N) is 1.